The van der Waals surface area contributed by atoms with Gasteiger partial charge in [0, 0.05) is 12.1 Å². The first kappa shape index (κ1) is 20.5. The number of hydrogen-bond acceptors (Lipinski definition) is 3. The van der Waals surface area contributed by atoms with Crippen LogP contribution < -0.4 is 0 Å². The van der Waals surface area contributed by atoms with Crippen LogP contribution in [0, 0.1) is 0 Å². The minimum Gasteiger partial charge on any atom is -0.463 e. The Labute approximate surface area is 140 Å². The van der Waals surface area contributed by atoms with Crippen LogP contribution in [0.4, 0.5) is 0 Å². The predicted molar refractivity (Wildman–Crippen MR) is 94.5 cm³/mol. The average Bonchev–Trinajstić information content (AvgIpc) is 2.51. The minimum atomic E-state index is -0.286. The first-order valence-corrected chi connectivity index (χ1v) is 8.18. The maximum Gasteiger partial charge on any atom is 0.336 e. The molecule has 0 aliphatic rings. The lowest BCUT2D eigenvalue weighted by Gasteiger charge is -2.19. The SMILES string of the molecule is C=CN(C)C(/C=C\C(Cl)=C\CCC)=C(\CCC)C(=O)OCC. The molecule has 124 valence electrons. The predicted octanol–water partition coefficient (Wildman–Crippen LogP) is 5.16. The van der Waals surface area contributed by atoms with E-state index in [4.69, 9.17) is 16.3 Å². The standard InChI is InChI=1S/C18H28ClNO2/c1-6-10-12-15(19)13-14-17(20(5)8-3)16(11-7-2)18(21)22-9-4/h8,12-14H,3,6-7,9-11H2,1-2,4-5H3/b14-13-,15-12-,17-16+. The summed E-state index contributed by atoms with van der Waals surface area (Å²) in [6.45, 7) is 10.1. The van der Waals surface area contributed by atoms with Gasteiger partial charge in [-0.2, -0.15) is 0 Å². The molecule has 0 unspecified atom stereocenters. The molecule has 22 heavy (non-hydrogen) atoms. The number of hydrogen-bond donors (Lipinski definition) is 0. The van der Waals surface area contributed by atoms with Crippen LogP contribution in [0.3, 0.4) is 0 Å². The van der Waals surface area contributed by atoms with Crippen molar-refractivity contribution >= 4 is 17.6 Å². The van der Waals surface area contributed by atoms with E-state index in [-0.39, 0.29) is 5.97 Å². The molecule has 0 aromatic rings. The lowest BCUT2D eigenvalue weighted by Crippen LogP contribution is -2.17. The molecule has 0 saturated carbocycles. The van der Waals surface area contributed by atoms with Gasteiger partial charge in [0.1, 0.15) is 0 Å². The molecule has 0 bridgehead atoms. The maximum atomic E-state index is 12.2. The number of carbonyl (C=O) groups excluding carboxylic acids is 1. The van der Waals surface area contributed by atoms with Crippen molar-refractivity contribution in [2.45, 2.75) is 46.5 Å². The largest absolute Gasteiger partial charge is 0.463 e. The molecule has 4 heteroatoms. The van der Waals surface area contributed by atoms with E-state index < -0.39 is 0 Å². The molecule has 0 atom stereocenters. The van der Waals surface area contributed by atoms with E-state index in [1.807, 2.05) is 31.0 Å². The first-order valence-electron chi connectivity index (χ1n) is 7.81. The highest BCUT2D eigenvalue weighted by molar-refractivity contribution is 6.31. The zero-order valence-electron chi connectivity index (χ0n) is 14.2. The summed E-state index contributed by atoms with van der Waals surface area (Å²) >= 11 is 6.17. The Kier molecular flexibility index (Phi) is 11.3. The Bertz CT molecular complexity index is 450. The number of nitrogens with zero attached hydrogens (tertiary/aromatic N) is 1. The smallest absolute Gasteiger partial charge is 0.336 e. The highest BCUT2D eigenvalue weighted by Crippen LogP contribution is 2.19. The Morgan fingerprint density at radius 1 is 1.23 bits per heavy atom. The second-order valence-corrected chi connectivity index (χ2v) is 5.28. The molecule has 0 radical (unpaired) electrons. The average molecular weight is 326 g/mol. The number of likely N-dealkylation sites (N-methyl/N-ethyl adjacent to an activating group) is 1. The molecule has 0 aliphatic carbocycles. The molecular weight excluding hydrogens is 298 g/mol. The van der Waals surface area contributed by atoms with Gasteiger partial charge in [-0.05, 0) is 38.1 Å². The highest BCUT2D eigenvalue weighted by atomic mass is 35.5. The maximum absolute atomic E-state index is 12.2. The molecule has 0 heterocycles. The highest BCUT2D eigenvalue weighted by Gasteiger charge is 2.16. The van der Waals surface area contributed by atoms with E-state index >= 15 is 0 Å². The van der Waals surface area contributed by atoms with E-state index in [2.05, 4.69) is 13.5 Å². The van der Waals surface area contributed by atoms with Crippen LogP contribution in [0.5, 0.6) is 0 Å². The van der Waals surface area contributed by atoms with Gasteiger partial charge in [-0.25, -0.2) is 4.79 Å². The van der Waals surface area contributed by atoms with Crippen molar-refractivity contribution in [1.82, 2.24) is 4.90 Å². The third kappa shape index (κ3) is 7.51. The summed E-state index contributed by atoms with van der Waals surface area (Å²) < 4.78 is 5.16. The summed E-state index contributed by atoms with van der Waals surface area (Å²) in [5.41, 5.74) is 1.40. The summed E-state index contributed by atoms with van der Waals surface area (Å²) in [4.78, 5) is 14.0. The van der Waals surface area contributed by atoms with Crippen LogP contribution in [0.1, 0.15) is 46.5 Å². The summed E-state index contributed by atoms with van der Waals surface area (Å²) in [7, 11) is 1.85. The number of allylic oxidation sites excluding steroid dienone is 4. The fourth-order valence-electron chi connectivity index (χ4n) is 1.84. The number of rotatable bonds is 10. The van der Waals surface area contributed by atoms with Gasteiger partial charge in [0.2, 0.25) is 0 Å². The molecule has 0 fully saturated rings. The van der Waals surface area contributed by atoms with Gasteiger partial charge in [-0.15, -0.1) is 0 Å². The van der Waals surface area contributed by atoms with Crippen molar-refractivity contribution in [2.75, 3.05) is 13.7 Å². The normalized spacial score (nSPS) is 13.0. The molecule has 0 amide bonds. The Morgan fingerprint density at radius 3 is 2.41 bits per heavy atom. The van der Waals surface area contributed by atoms with Crippen LogP contribution in [-0.4, -0.2) is 24.5 Å². The van der Waals surface area contributed by atoms with Crippen molar-refractivity contribution in [3.63, 3.8) is 0 Å². The quantitative estimate of drug-likeness (QED) is 0.316. The summed E-state index contributed by atoms with van der Waals surface area (Å²) in [5.74, 6) is -0.286. The van der Waals surface area contributed by atoms with Crippen LogP contribution in [0.15, 0.2) is 47.3 Å². The Morgan fingerprint density at radius 2 is 1.91 bits per heavy atom. The van der Waals surface area contributed by atoms with Crippen molar-refractivity contribution in [2.24, 2.45) is 0 Å². The van der Waals surface area contributed by atoms with Crippen molar-refractivity contribution < 1.29 is 9.53 Å². The lowest BCUT2D eigenvalue weighted by atomic mass is 10.1. The number of ether oxygens (including phenoxy) is 1. The summed E-state index contributed by atoms with van der Waals surface area (Å²) in [5, 5.41) is 0.663. The van der Waals surface area contributed by atoms with E-state index in [0.29, 0.717) is 23.6 Å². The Balaban J connectivity index is 5.62. The molecule has 0 aromatic heterocycles. The molecule has 0 rings (SSSR count). The molecule has 0 saturated heterocycles. The molecule has 0 N–H and O–H groups in total. The second kappa shape index (κ2) is 12.1. The molecule has 0 aromatic carbocycles. The van der Waals surface area contributed by atoms with Crippen molar-refractivity contribution in [1.29, 1.82) is 0 Å². The summed E-state index contributed by atoms with van der Waals surface area (Å²) in [6.07, 6.45) is 10.8. The van der Waals surface area contributed by atoms with Crippen LogP contribution in [0.25, 0.3) is 0 Å². The van der Waals surface area contributed by atoms with Gasteiger partial charge in [0.15, 0.2) is 0 Å². The van der Waals surface area contributed by atoms with E-state index in [1.54, 1.807) is 19.2 Å². The zero-order valence-corrected chi connectivity index (χ0v) is 14.9. The van der Waals surface area contributed by atoms with Gasteiger partial charge in [-0.1, -0.05) is 50.9 Å². The van der Waals surface area contributed by atoms with E-state index in [1.165, 1.54) is 0 Å². The van der Waals surface area contributed by atoms with Crippen molar-refractivity contribution in [3.8, 4) is 0 Å². The summed E-state index contributed by atoms with van der Waals surface area (Å²) in [6, 6.07) is 0. The van der Waals surface area contributed by atoms with Crippen LogP contribution in [0.2, 0.25) is 0 Å². The van der Waals surface area contributed by atoms with E-state index in [9.17, 15) is 4.79 Å². The van der Waals surface area contributed by atoms with Gasteiger partial charge in [0.25, 0.3) is 0 Å². The number of halogens is 1. The second-order valence-electron chi connectivity index (χ2n) is 4.84. The lowest BCUT2D eigenvalue weighted by molar-refractivity contribution is -0.138. The molecular formula is C18H28ClNO2. The minimum absolute atomic E-state index is 0.286. The molecule has 3 nitrogen and oxygen atoms in total. The van der Waals surface area contributed by atoms with Gasteiger partial charge in [0.05, 0.1) is 17.9 Å². The Hall–Kier alpha value is -1.48. The number of esters is 1. The number of carbonyl (C=O) groups is 1. The monoisotopic (exact) mass is 325 g/mol. The fraction of sp³-hybridized carbons (Fsp3) is 0.500. The fourth-order valence-corrected chi connectivity index (χ4v) is 2.01. The first-order chi connectivity index (χ1) is 10.5. The third-order valence-corrected chi connectivity index (χ3v) is 3.29. The van der Waals surface area contributed by atoms with Gasteiger partial charge >= 0.3 is 5.97 Å². The number of unbranched alkanes of at least 4 members (excludes halogenated alkanes) is 1. The van der Waals surface area contributed by atoms with Crippen molar-refractivity contribution in [3.05, 3.63) is 47.3 Å². The molecule has 0 aliphatic heterocycles. The third-order valence-electron chi connectivity index (χ3n) is 3.01. The van der Waals surface area contributed by atoms with Gasteiger partial charge in [-0.3, -0.25) is 0 Å². The zero-order chi connectivity index (χ0) is 17.0. The van der Waals surface area contributed by atoms with Gasteiger partial charge < -0.3 is 9.64 Å². The van der Waals surface area contributed by atoms with E-state index in [0.717, 1.165) is 25.0 Å². The van der Waals surface area contributed by atoms with Crippen LogP contribution >= 0.6 is 11.6 Å². The van der Waals surface area contributed by atoms with Crippen LogP contribution in [-0.2, 0) is 9.53 Å². The topological polar surface area (TPSA) is 29.5 Å². The molecule has 0 spiro atoms.